The zero-order chi connectivity index (χ0) is 14.7. The van der Waals surface area contributed by atoms with Crippen LogP contribution >= 0.6 is 11.3 Å². The molecule has 2 N–H and O–H groups in total. The smallest absolute Gasteiger partial charge is 0.272 e. The quantitative estimate of drug-likeness (QED) is 0.898. The lowest BCUT2D eigenvalue weighted by Gasteiger charge is -2.22. The van der Waals surface area contributed by atoms with Crippen molar-refractivity contribution in [1.82, 2.24) is 25.4 Å². The van der Waals surface area contributed by atoms with Gasteiger partial charge in [0, 0.05) is 18.1 Å². The van der Waals surface area contributed by atoms with Crippen LogP contribution in [0.4, 0.5) is 0 Å². The SMILES string of the molecule is Cc1nc(CNC(=O)c2ccn([C@H]3CCCNC3)n2)cs1. The summed E-state index contributed by atoms with van der Waals surface area (Å²) < 4.78 is 1.90. The molecule has 0 spiro atoms. The Labute approximate surface area is 127 Å². The van der Waals surface area contributed by atoms with Gasteiger partial charge in [-0.2, -0.15) is 5.10 Å². The van der Waals surface area contributed by atoms with Gasteiger partial charge in [-0.05, 0) is 32.4 Å². The fourth-order valence-electron chi connectivity index (χ4n) is 2.47. The molecule has 1 aliphatic heterocycles. The maximum atomic E-state index is 12.1. The molecular formula is C14H19N5OS. The van der Waals surface area contributed by atoms with Crippen molar-refractivity contribution in [2.45, 2.75) is 32.4 Å². The Morgan fingerprint density at radius 2 is 2.52 bits per heavy atom. The summed E-state index contributed by atoms with van der Waals surface area (Å²) in [5, 5.41) is 13.6. The molecule has 0 unspecified atom stereocenters. The van der Waals surface area contributed by atoms with Crippen molar-refractivity contribution in [3.8, 4) is 0 Å². The fraction of sp³-hybridized carbons (Fsp3) is 0.500. The number of nitrogens with one attached hydrogen (secondary N) is 2. The molecule has 1 amide bonds. The van der Waals surface area contributed by atoms with Crippen LogP contribution in [0, 0.1) is 6.92 Å². The number of rotatable bonds is 4. The molecule has 1 atom stereocenters. The van der Waals surface area contributed by atoms with E-state index in [0.29, 0.717) is 18.3 Å². The third-order valence-electron chi connectivity index (χ3n) is 3.58. The van der Waals surface area contributed by atoms with Crippen LogP contribution in [0.15, 0.2) is 17.6 Å². The van der Waals surface area contributed by atoms with Crippen LogP contribution in [0.2, 0.25) is 0 Å². The van der Waals surface area contributed by atoms with Gasteiger partial charge in [-0.15, -0.1) is 11.3 Å². The van der Waals surface area contributed by atoms with E-state index in [0.717, 1.165) is 36.6 Å². The lowest BCUT2D eigenvalue weighted by atomic mass is 10.1. The third-order valence-corrected chi connectivity index (χ3v) is 4.40. The van der Waals surface area contributed by atoms with Gasteiger partial charge in [0.05, 0.1) is 23.3 Å². The van der Waals surface area contributed by atoms with Gasteiger partial charge in [0.15, 0.2) is 0 Å². The predicted molar refractivity (Wildman–Crippen MR) is 81.4 cm³/mol. The minimum Gasteiger partial charge on any atom is -0.345 e. The summed E-state index contributed by atoms with van der Waals surface area (Å²) >= 11 is 1.59. The van der Waals surface area contributed by atoms with Gasteiger partial charge < -0.3 is 10.6 Å². The van der Waals surface area contributed by atoms with E-state index >= 15 is 0 Å². The summed E-state index contributed by atoms with van der Waals surface area (Å²) in [6.07, 6.45) is 4.14. The van der Waals surface area contributed by atoms with E-state index in [-0.39, 0.29) is 5.91 Å². The van der Waals surface area contributed by atoms with Crippen LogP contribution in [-0.2, 0) is 6.54 Å². The Kier molecular flexibility index (Phi) is 4.31. The van der Waals surface area contributed by atoms with Crippen LogP contribution in [0.25, 0.3) is 0 Å². The number of aromatic nitrogens is 3. The Morgan fingerprint density at radius 1 is 1.62 bits per heavy atom. The maximum absolute atomic E-state index is 12.1. The number of hydrogen-bond acceptors (Lipinski definition) is 5. The summed E-state index contributed by atoms with van der Waals surface area (Å²) in [4.78, 5) is 16.4. The number of nitrogens with zero attached hydrogens (tertiary/aromatic N) is 3. The summed E-state index contributed by atoms with van der Waals surface area (Å²) in [7, 11) is 0. The lowest BCUT2D eigenvalue weighted by molar-refractivity contribution is 0.0944. The molecule has 1 saturated heterocycles. The summed E-state index contributed by atoms with van der Waals surface area (Å²) in [5.41, 5.74) is 1.36. The van der Waals surface area contributed by atoms with Gasteiger partial charge in [0.2, 0.25) is 0 Å². The Balaban J connectivity index is 1.58. The standard InChI is InChI=1S/C14H19N5OS/c1-10-17-11(9-21-10)7-16-14(20)13-4-6-19(18-13)12-3-2-5-15-8-12/h4,6,9,12,15H,2-3,5,7-8H2,1H3,(H,16,20)/t12-/m0/s1. The van der Waals surface area contributed by atoms with E-state index in [9.17, 15) is 4.79 Å². The molecule has 6 nitrogen and oxygen atoms in total. The first-order valence-corrected chi connectivity index (χ1v) is 8.05. The molecule has 0 radical (unpaired) electrons. The van der Waals surface area contributed by atoms with Gasteiger partial charge in [-0.3, -0.25) is 9.48 Å². The largest absolute Gasteiger partial charge is 0.345 e. The first kappa shape index (κ1) is 14.2. The van der Waals surface area contributed by atoms with E-state index in [1.165, 1.54) is 0 Å². The normalized spacial score (nSPS) is 18.6. The average Bonchev–Trinajstić information content (AvgIpc) is 3.15. The molecule has 0 aliphatic carbocycles. The molecule has 112 valence electrons. The fourth-order valence-corrected chi connectivity index (χ4v) is 3.09. The second-order valence-electron chi connectivity index (χ2n) is 5.22. The van der Waals surface area contributed by atoms with Gasteiger partial charge in [-0.25, -0.2) is 4.98 Å². The van der Waals surface area contributed by atoms with Crippen LogP contribution < -0.4 is 10.6 Å². The molecule has 0 aromatic carbocycles. The Morgan fingerprint density at radius 3 is 3.24 bits per heavy atom. The van der Waals surface area contributed by atoms with E-state index in [1.807, 2.05) is 23.2 Å². The molecule has 1 fully saturated rings. The zero-order valence-electron chi connectivity index (χ0n) is 12.0. The average molecular weight is 305 g/mol. The maximum Gasteiger partial charge on any atom is 0.272 e. The van der Waals surface area contributed by atoms with Crippen molar-refractivity contribution in [2.24, 2.45) is 0 Å². The summed E-state index contributed by atoms with van der Waals surface area (Å²) in [5.74, 6) is -0.150. The molecule has 0 bridgehead atoms. The van der Waals surface area contributed by atoms with Crippen LogP contribution in [-0.4, -0.2) is 33.8 Å². The van der Waals surface area contributed by atoms with Crippen molar-refractivity contribution in [3.63, 3.8) is 0 Å². The number of thiazole rings is 1. The van der Waals surface area contributed by atoms with Gasteiger partial charge >= 0.3 is 0 Å². The zero-order valence-corrected chi connectivity index (χ0v) is 12.8. The molecule has 2 aromatic rings. The highest BCUT2D eigenvalue weighted by Crippen LogP contribution is 2.15. The minimum atomic E-state index is -0.150. The van der Waals surface area contributed by atoms with Crippen molar-refractivity contribution in [2.75, 3.05) is 13.1 Å². The first-order chi connectivity index (χ1) is 10.2. The van der Waals surface area contributed by atoms with E-state index < -0.39 is 0 Å². The van der Waals surface area contributed by atoms with Gasteiger partial charge in [0.1, 0.15) is 5.69 Å². The highest BCUT2D eigenvalue weighted by molar-refractivity contribution is 7.09. The minimum absolute atomic E-state index is 0.150. The summed E-state index contributed by atoms with van der Waals surface area (Å²) in [6, 6.07) is 2.12. The molecule has 21 heavy (non-hydrogen) atoms. The lowest BCUT2D eigenvalue weighted by Crippen LogP contribution is -2.32. The van der Waals surface area contributed by atoms with Crippen molar-refractivity contribution in [3.05, 3.63) is 34.0 Å². The van der Waals surface area contributed by atoms with E-state index in [2.05, 4.69) is 20.7 Å². The molecule has 7 heteroatoms. The van der Waals surface area contributed by atoms with Crippen molar-refractivity contribution in [1.29, 1.82) is 0 Å². The molecule has 3 rings (SSSR count). The number of piperidine rings is 1. The van der Waals surface area contributed by atoms with Gasteiger partial charge in [-0.1, -0.05) is 0 Å². The van der Waals surface area contributed by atoms with E-state index in [4.69, 9.17) is 0 Å². The van der Waals surface area contributed by atoms with Gasteiger partial charge in [0.25, 0.3) is 5.91 Å². The number of carbonyl (C=O) groups excluding carboxylic acids is 1. The van der Waals surface area contributed by atoms with E-state index in [1.54, 1.807) is 17.4 Å². The molecule has 1 aliphatic rings. The van der Waals surface area contributed by atoms with Crippen LogP contribution in [0.5, 0.6) is 0 Å². The topological polar surface area (TPSA) is 71.8 Å². The Hall–Kier alpha value is -1.73. The summed E-state index contributed by atoms with van der Waals surface area (Å²) in [6.45, 7) is 4.38. The number of amides is 1. The third kappa shape index (κ3) is 3.48. The highest BCUT2D eigenvalue weighted by atomic mass is 32.1. The number of aryl methyl sites for hydroxylation is 1. The monoisotopic (exact) mass is 305 g/mol. The Bertz CT molecular complexity index is 614. The first-order valence-electron chi connectivity index (χ1n) is 7.17. The number of carbonyl (C=O) groups is 1. The highest BCUT2D eigenvalue weighted by Gasteiger charge is 2.17. The molecule has 3 heterocycles. The molecule has 2 aromatic heterocycles. The number of hydrogen-bond donors (Lipinski definition) is 2. The molecule has 0 saturated carbocycles. The van der Waals surface area contributed by atoms with Crippen molar-refractivity contribution >= 4 is 17.2 Å². The second-order valence-corrected chi connectivity index (χ2v) is 6.28. The second kappa shape index (κ2) is 6.36. The van der Waals surface area contributed by atoms with Crippen LogP contribution in [0.3, 0.4) is 0 Å². The van der Waals surface area contributed by atoms with Crippen LogP contribution in [0.1, 0.15) is 40.1 Å². The predicted octanol–water partition coefficient (Wildman–Crippen LogP) is 1.50. The van der Waals surface area contributed by atoms with Crippen molar-refractivity contribution < 1.29 is 4.79 Å². The molecular weight excluding hydrogens is 286 g/mol.